The van der Waals surface area contributed by atoms with Gasteiger partial charge >= 0.3 is 0 Å². The first kappa shape index (κ1) is 18.5. The number of amides is 2. The van der Waals surface area contributed by atoms with Gasteiger partial charge in [-0.05, 0) is 51.5 Å². The molecular formula is C20H30N4O3. The molecule has 1 aromatic heterocycles. The van der Waals surface area contributed by atoms with E-state index in [1.165, 1.54) is 0 Å². The van der Waals surface area contributed by atoms with Gasteiger partial charge in [-0.15, -0.1) is 0 Å². The summed E-state index contributed by atoms with van der Waals surface area (Å²) in [4.78, 5) is 29.0. The van der Waals surface area contributed by atoms with Gasteiger partial charge in [-0.3, -0.25) is 14.3 Å². The monoisotopic (exact) mass is 374 g/mol. The molecule has 7 heteroatoms. The molecule has 2 saturated heterocycles. The number of hydrogen-bond acceptors (Lipinski definition) is 4. The van der Waals surface area contributed by atoms with Crippen molar-refractivity contribution >= 4 is 11.8 Å². The number of aryl methyl sites for hydroxylation is 2. The third-order valence-electron chi connectivity index (χ3n) is 6.35. The van der Waals surface area contributed by atoms with Crippen molar-refractivity contribution in [1.29, 1.82) is 0 Å². The Bertz CT molecular complexity index is 732. The quantitative estimate of drug-likeness (QED) is 0.810. The molecule has 4 rings (SSSR count). The lowest BCUT2D eigenvalue weighted by atomic mass is 9.81. The number of carbonyl (C=O) groups is 2. The highest BCUT2D eigenvalue weighted by atomic mass is 16.5. The van der Waals surface area contributed by atoms with Crippen molar-refractivity contribution in [3.05, 3.63) is 17.5 Å². The van der Waals surface area contributed by atoms with Gasteiger partial charge in [0.2, 0.25) is 5.91 Å². The van der Waals surface area contributed by atoms with Gasteiger partial charge in [0.15, 0.2) is 0 Å². The fourth-order valence-corrected chi connectivity index (χ4v) is 4.84. The molecule has 2 amide bonds. The van der Waals surface area contributed by atoms with Crippen molar-refractivity contribution in [1.82, 2.24) is 19.6 Å². The third kappa shape index (κ3) is 3.61. The van der Waals surface area contributed by atoms with E-state index in [0.29, 0.717) is 31.4 Å². The zero-order chi connectivity index (χ0) is 19.2. The van der Waals surface area contributed by atoms with Crippen LogP contribution in [0.5, 0.6) is 0 Å². The molecule has 3 fully saturated rings. The summed E-state index contributed by atoms with van der Waals surface area (Å²) in [6.07, 6.45) is 5.77. The first-order valence-corrected chi connectivity index (χ1v) is 10.1. The molecule has 0 radical (unpaired) electrons. The van der Waals surface area contributed by atoms with Crippen LogP contribution < -0.4 is 0 Å². The average Bonchev–Trinajstić information content (AvgIpc) is 3.38. The topological polar surface area (TPSA) is 67.7 Å². The minimum atomic E-state index is -0.190. The molecule has 3 aliphatic rings. The van der Waals surface area contributed by atoms with E-state index in [4.69, 9.17) is 4.74 Å². The molecule has 27 heavy (non-hydrogen) atoms. The van der Waals surface area contributed by atoms with E-state index in [0.717, 1.165) is 44.2 Å². The summed E-state index contributed by atoms with van der Waals surface area (Å²) < 4.78 is 7.90. The number of ether oxygens (including phenoxy) is 1. The van der Waals surface area contributed by atoms with Crippen LogP contribution in [0.3, 0.4) is 0 Å². The van der Waals surface area contributed by atoms with Crippen LogP contribution in [-0.2, 0) is 16.6 Å². The Morgan fingerprint density at radius 1 is 1.22 bits per heavy atom. The molecule has 1 aliphatic carbocycles. The van der Waals surface area contributed by atoms with Crippen LogP contribution in [0, 0.1) is 6.92 Å². The molecule has 2 aliphatic heterocycles. The highest BCUT2D eigenvalue weighted by molar-refractivity contribution is 5.92. The Morgan fingerprint density at radius 3 is 2.48 bits per heavy atom. The summed E-state index contributed by atoms with van der Waals surface area (Å²) in [6, 6.07) is 2.57. The van der Waals surface area contributed by atoms with Crippen molar-refractivity contribution < 1.29 is 14.3 Å². The molecule has 1 unspecified atom stereocenters. The number of rotatable bonds is 3. The molecule has 1 saturated carbocycles. The van der Waals surface area contributed by atoms with Crippen LogP contribution in [0.1, 0.15) is 61.6 Å². The average molecular weight is 374 g/mol. The van der Waals surface area contributed by atoms with Gasteiger partial charge in [0.05, 0.1) is 11.3 Å². The fourth-order valence-electron chi connectivity index (χ4n) is 4.84. The van der Waals surface area contributed by atoms with Crippen LogP contribution in [0.15, 0.2) is 6.07 Å². The molecule has 0 N–H and O–H groups in total. The normalized spacial score (nSPS) is 24.9. The largest absolute Gasteiger partial charge is 0.375 e. The van der Waals surface area contributed by atoms with Gasteiger partial charge in [0.25, 0.3) is 5.91 Å². The first-order chi connectivity index (χ1) is 12.9. The number of aromatic nitrogens is 2. The summed E-state index contributed by atoms with van der Waals surface area (Å²) in [5.74, 6) is 0.238. The molecule has 1 spiro atoms. The van der Waals surface area contributed by atoms with E-state index >= 15 is 0 Å². The van der Waals surface area contributed by atoms with E-state index < -0.39 is 0 Å². The maximum Gasteiger partial charge on any atom is 0.272 e. The van der Waals surface area contributed by atoms with E-state index in [-0.39, 0.29) is 23.5 Å². The van der Waals surface area contributed by atoms with E-state index in [9.17, 15) is 9.59 Å². The zero-order valence-corrected chi connectivity index (χ0v) is 16.6. The summed E-state index contributed by atoms with van der Waals surface area (Å²) in [5.41, 5.74) is 1.31. The van der Waals surface area contributed by atoms with Crippen LogP contribution in [-0.4, -0.2) is 68.8 Å². The SMILES string of the molecule is CC(=O)N(C1CC1)C1CCOC2(CCN(C(=O)c3cc(C)nn3C)CC2)C1. The molecular weight excluding hydrogens is 344 g/mol. The fraction of sp³-hybridized carbons (Fsp3) is 0.750. The molecule has 0 aromatic carbocycles. The summed E-state index contributed by atoms with van der Waals surface area (Å²) >= 11 is 0. The van der Waals surface area contributed by atoms with Gasteiger partial charge in [0, 0.05) is 45.8 Å². The molecule has 1 aromatic rings. The van der Waals surface area contributed by atoms with Gasteiger partial charge < -0.3 is 14.5 Å². The van der Waals surface area contributed by atoms with Crippen molar-refractivity contribution in [2.45, 2.75) is 70.1 Å². The lowest BCUT2D eigenvalue weighted by Gasteiger charge is -2.48. The third-order valence-corrected chi connectivity index (χ3v) is 6.35. The second-order valence-corrected chi connectivity index (χ2v) is 8.42. The van der Waals surface area contributed by atoms with Crippen molar-refractivity contribution in [3.8, 4) is 0 Å². The van der Waals surface area contributed by atoms with E-state index in [1.807, 2.05) is 24.9 Å². The molecule has 148 valence electrons. The minimum Gasteiger partial charge on any atom is -0.375 e. The van der Waals surface area contributed by atoms with Crippen molar-refractivity contribution in [2.24, 2.45) is 7.05 Å². The smallest absolute Gasteiger partial charge is 0.272 e. The molecule has 0 bridgehead atoms. The number of likely N-dealkylation sites (tertiary alicyclic amines) is 1. The van der Waals surface area contributed by atoms with Crippen LogP contribution in [0.4, 0.5) is 0 Å². The van der Waals surface area contributed by atoms with Gasteiger partial charge in [-0.1, -0.05) is 0 Å². The first-order valence-electron chi connectivity index (χ1n) is 10.1. The van der Waals surface area contributed by atoms with E-state index in [1.54, 1.807) is 11.6 Å². The van der Waals surface area contributed by atoms with Crippen molar-refractivity contribution in [2.75, 3.05) is 19.7 Å². The van der Waals surface area contributed by atoms with Gasteiger partial charge in [0.1, 0.15) is 5.69 Å². The maximum atomic E-state index is 12.8. The summed E-state index contributed by atoms with van der Waals surface area (Å²) in [6.45, 7) is 5.69. The molecule has 7 nitrogen and oxygen atoms in total. The van der Waals surface area contributed by atoms with Gasteiger partial charge in [-0.25, -0.2) is 0 Å². The van der Waals surface area contributed by atoms with E-state index in [2.05, 4.69) is 10.00 Å². The Morgan fingerprint density at radius 2 is 1.93 bits per heavy atom. The predicted octanol–water partition coefficient (Wildman–Crippen LogP) is 1.89. The molecule has 1 atom stereocenters. The predicted molar refractivity (Wildman–Crippen MR) is 100 cm³/mol. The Kier molecular flexibility index (Phi) is 4.74. The number of carbonyl (C=O) groups excluding carboxylic acids is 2. The number of hydrogen-bond donors (Lipinski definition) is 0. The van der Waals surface area contributed by atoms with Gasteiger partial charge in [-0.2, -0.15) is 5.10 Å². The lowest BCUT2D eigenvalue weighted by Crippen LogP contribution is -2.55. The second-order valence-electron chi connectivity index (χ2n) is 8.42. The summed E-state index contributed by atoms with van der Waals surface area (Å²) in [5, 5.41) is 4.29. The van der Waals surface area contributed by atoms with Crippen LogP contribution >= 0.6 is 0 Å². The number of nitrogens with zero attached hydrogens (tertiary/aromatic N) is 4. The van der Waals surface area contributed by atoms with Crippen LogP contribution in [0.2, 0.25) is 0 Å². The standard InChI is InChI=1S/C20H30N4O3/c1-14-12-18(22(3)21-14)19(26)23-9-7-20(8-10-23)13-17(6-11-27-20)24(15(2)25)16-4-5-16/h12,16-17H,4-11,13H2,1-3H3. The maximum absolute atomic E-state index is 12.8. The Labute approximate surface area is 160 Å². The molecule has 3 heterocycles. The van der Waals surface area contributed by atoms with Crippen LogP contribution in [0.25, 0.3) is 0 Å². The summed E-state index contributed by atoms with van der Waals surface area (Å²) in [7, 11) is 1.81. The minimum absolute atomic E-state index is 0.0450. The Hall–Kier alpha value is -1.89. The lowest BCUT2D eigenvalue weighted by molar-refractivity contribution is -0.148. The Balaban J connectivity index is 1.41. The van der Waals surface area contributed by atoms with Crippen molar-refractivity contribution in [3.63, 3.8) is 0 Å². The highest BCUT2D eigenvalue weighted by Gasteiger charge is 2.45. The number of piperidine rings is 1. The zero-order valence-electron chi connectivity index (χ0n) is 16.6. The highest BCUT2D eigenvalue weighted by Crippen LogP contribution is 2.40. The second kappa shape index (κ2) is 6.93.